The fourth-order valence-electron chi connectivity index (χ4n) is 3.35. The molecule has 0 radical (unpaired) electrons. The van der Waals surface area contributed by atoms with E-state index in [0.717, 1.165) is 41.2 Å². The van der Waals surface area contributed by atoms with Crippen molar-refractivity contribution in [2.24, 2.45) is 10.1 Å². The average molecular weight is 393 g/mol. The lowest BCUT2D eigenvalue weighted by Gasteiger charge is -2.34. The number of hydrazone groups is 1. The first kappa shape index (κ1) is 18.7. The van der Waals surface area contributed by atoms with Crippen molar-refractivity contribution in [2.75, 3.05) is 5.75 Å². The largest absolute Gasteiger partial charge is 0.298 e. The van der Waals surface area contributed by atoms with Gasteiger partial charge in [-0.2, -0.15) is 0 Å². The molecule has 0 saturated heterocycles. The van der Waals surface area contributed by atoms with E-state index in [2.05, 4.69) is 43.4 Å². The van der Waals surface area contributed by atoms with Gasteiger partial charge in [0.15, 0.2) is 11.3 Å². The van der Waals surface area contributed by atoms with E-state index in [1.807, 2.05) is 24.3 Å². The fourth-order valence-corrected chi connectivity index (χ4v) is 4.29. The zero-order valence-corrected chi connectivity index (χ0v) is 17.0. The molecular formula is C22H24N4OS. The monoisotopic (exact) mass is 392 g/mol. The van der Waals surface area contributed by atoms with Gasteiger partial charge in [0.2, 0.25) is 0 Å². The standard InChI is InChI=1S/C22H24N4OS/c1-3-5-14-28-22-24-21(27)19-17-8-6-7-9-18(17)23-20(26(19)25-22)16-12-10-15(4-2)11-13-16/h6-13,20H,3-5,14H2,1-2H3,(H,24,25,27). The Hall–Kier alpha value is -2.60. The molecular weight excluding hydrogens is 368 g/mol. The van der Waals surface area contributed by atoms with Crippen LogP contribution in [-0.2, 0) is 11.2 Å². The molecule has 4 rings (SSSR count). The van der Waals surface area contributed by atoms with Crippen molar-refractivity contribution < 1.29 is 4.79 Å². The first-order chi connectivity index (χ1) is 13.7. The summed E-state index contributed by atoms with van der Waals surface area (Å²) in [6.07, 6.45) is 2.85. The number of hydrogen-bond donors (Lipinski definition) is 1. The van der Waals surface area contributed by atoms with Gasteiger partial charge in [0.1, 0.15) is 5.70 Å². The number of carbonyl (C=O) groups excluding carboxylic acids is 1. The van der Waals surface area contributed by atoms with E-state index in [0.29, 0.717) is 10.9 Å². The molecule has 6 heteroatoms. The number of hydrogen-bond acceptors (Lipinski definition) is 5. The Bertz CT molecular complexity index is 1030. The molecule has 1 amide bonds. The maximum absolute atomic E-state index is 13.0. The van der Waals surface area contributed by atoms with Gasteiger partial charge in [-0.25, -0.2) is 5.01 Å². The minimum Gasteiger partial charge on any atom is -0.298 e. The van der Waals surface area contributed by atoms with Gasteiger partial charge in [-0.15, -0.1) is 5.10 Å². The number of amidine groups is 1. The summed E-state index contributed by atoms with van der Waals surface area (Å²) in [7, 11) is 0. The number of fused-ring (bicyclic) bond motifs is 2. The van der Waals surface area contributed by atoms with Gasteiger partial charge in [0.05, 0.1) is 5.36 Å². The zero-order chi connectivity index (χ0) is 19.5. The highest BCUT2D eigenvalue weighted by molar-refractivity contribution is 8.13. The summed E-state index contributed by atoms with van der Waals surface area (Å²) in [6, 6.07) is 16.2. The van der Waals surface area contributed by atoms with Crippen LogP contribution in [0.3, 0.4) is 0 Å². The van der Waals surface area contributed by atoms with Gasteiger partial charge in [-0.3, -0.25) is 15.1 Å². The quantitative estimate of drug-likeness (QED) is 0.796. The molecule has 0 aliphatic carbocycles. The Morgan fingerprint density at radius 1 is 1.11 bits per heavy atom. The van der Waals surface area contributed by atoms with E-state index < -0.39 is 0 Å². The van der Waals surface area contributed by atoms with Crippen molar-refractivity contribution in [3.05, 3.63) is 70.2 Å². The van der Waals surface area contributed by atoms with Crippen molar-refractivity contribution in [1.29, 1.82) is 0 Å². The van der Waals surface area contributed by atoms with E-state index in [1.165, 1.54) is 5.56 Å². The van der Waals surface area contributed by atoms with Gasteiger partial charge in [-0.05, 0) is 30.0 Å². The Morgan fingerprint density at radius 3 is 2.64 bits per heavy atom. The molecule has 0 aromatic heterocycles. The zero-order valence-electron chi connectivity index (χ0n) is 16.2. The number of carbonyl (C=O) groups is 1. The minimum atomic E-state index is -0.344. The van der Waals surface area contributed by atoms with Crippen LogP contribution in [0.15, 0.2) is 58.6 Å². The van der Waals surface area contributed by atoms with Crippen molar-refractivity contribution in [2.45, 2.75) is 39.3 Å². The van der Waals surface area contributed by atoms with E-state index >= 15 is 0 Å². The molecule has 2 heterocycles. The number of para-hydroxylation sites is 1. The summed E-state index contributed by atoms with van der Waals surface area (Å²) >= 11 is 1.59. The first-order valence-electron chi connectivity index (χ1n) is 9.79. The second-order valence-electron chi connectivity index (χ2n) is 6.87. The van der Waals surface area contributed by atoms with Crippen LogP contribution in [0, 0.1) is 0 Å². The minimum absolute atomic E-state index is 0.119. The maximum Gasteiger partial charge on any atom is 0.276 e. The number of thioether (sulfide) groups is 1. The Morgan fingerprint density at radius 2 is 1.89 bits per heavy atom. The highest BCUT2D eigenvalue weighted by atomic mass is 32.2. The van der Waals surface area contributed by atoms with Crippen molar-refractivity contribution in [3.63, 3.8) is 0 Å². The summed E-state index contributed by atoms with van der Waals surface area (Å²) in [6.45, 7) is 4.30. The number of rotatable bonds is 5. The molecule has 2 aliphatic rings. The molecule has 2 aromatic carbocycles. The van der Waals surface area contributed by atoms with Crippen molar-refractivity contribution in [1.82, 2.24) is 10.3 Å². The number of nitrogens with zero attached hydrogens (tertiary/aromatic N) is 3. The summed E-state index contributed by atoms with van der Waals surface area (Å²) < 4.78 is 0. The predicted molar refractivity (Wildman–Crippen MR) is 114 cm³/mol. The highest BCUT2D eigenvalue weighted by Crippen LogP contribution is 2.30. The topological polar surface area (TPSA) is 57.1 Å². The molecule has 144 valence electrons. The summed E-state index contributed by atoms with van der Waals surface area (Å²) in [4.78, 5) is 17.9. The third-order valence-corrected chi connectivity index (χ3v) is 5.89. The van der Waals surface area contributed by atoms with E-state index in [1.54, 1.807) is 16.8 Å². The van der Waals surface area contributed by atoms with Gasteiger partial charge in [0.25, 0.3) is 5.91 Å². The first-order valence-corrected chi connectivity index (χ1v) is 10.8. The number of aryl methyl sites for hydroxylation is 1. The number of unbranched alkanes of at least 4 members (excludes halogenated alkanes) is 1. The Balaban J connectivity index is 1.81. The molecule has 0 bridgehead atoms. The second kappa shape index (κ2) is 8.19. The van der Waals surface area contributed by atoms with Crippen LogP contribution in [0.5, 0.6) is 0 Å². The van der Waals surface area contributed by atoms with Crippen LogP contribution in [0.1, 0.15) is 44.0 Å². The third-order valence-electron chi connectivity index (χ3n) is 4.94. The lowest BCUT2D eigenvalue weighted by Crippen LogP contribution is -2.50. The van der Waals surface area contributed by atoms with Gasteiger partial charge in [-0.1, -0.05) is 74.5 Å². The third kappa shape index (κ3) is 3.56. The number of amides is 1. The maximum atomic E-state index is 13.0. The normalized spacial score (nSPS) is 18.0. The van der Waals surface area contributed by atoms with Gasteiger partial charge in [0, 0.05) is 11.0 Å². The smallest absolute Gasteiger partial charge is 0.276 e. The lowest BCUT2D eigenvalue weighted by atomic mass is 10.1. The average Bonchev–Trinajstić information content (AvgIpc) is 2.73. The molecule has 2 aliphatic heterocycles. The summed E-state index contributed by atoms with van der Waals surface area (Å²) in [5, 5.41) is 11.8. The number of nitrogens with one attached hydrogen (secondary N) is 1. The number of benzene rings is 2. The predicted octanol–water partition coefficient (Wildman–Crippen LogP) is 2.93. The lowest BCUT2D eigenvalue weighted by molar-refractivity contribution is -0.116. The van der Waals surface area contributed by atoms with Crippen LogP contribution in [0.2, 0.25) is 0 Å². The van der Waals surface area contributed by atoms with Gasteiger partial charge >= 0.3 is 0 Å². The molecule has 1 atom stereocenters. The van der Waals surface area contributed by atoms with Crippen molar-refractivity contribution in [3.8, 4) is 0 Å². The summed E-state index contributed by atoms with van der Waals surface area (Å²) in [5.41, 5.74) is 2.87. The van der Waals surface area contributed by atoms with E-state index in [9.17, 15) is 4.79 Å². The van der Waals surface area contributed by atoms with E-state index in [4.69, 9.17) is 10.1 Å². The molecule has 0 fully saturated rings. The molecule has 2 aromatic rings. The molecule has 1 N–H and O–H groups in total. The summed E-state index contributed by atoms with van der Waals surface area (Å²) in [5.74, 6) is 0.814. The van der Waals surface area contributed by atoms with Crippen molar-refractivity contribution >= 4 is 28.5 Å². The van der Waals surface area contributed by atoms with Crippen LogP contribution in [0.25, 0.3) is 5.70 Å². The Labute approximate surface area is 169 Å². The Kier molecular flexibility index (Phi) is 5.48. The van der Waals surface area contributed by atoms with Gasteiger partial charge < -0.3 is 0 Å². The molecule has 1 unspecified atom stereocenters. The van der Waals surface area contributed by atoms with Crippen LogP contribution < -0.4 is 15.9 Å². The molecule has 28 heavy (non-hydrogen) atoms. The highest BCUT2D eigenvalue weighted by Gasteiger charge is 2.34. The van der Waals surface area contributed by atoms with Crippen LogP contribution in [-0.4, -0.2) is 21.8 Å². The van der Waals surface area contributed by atoms with Crippen LogP contribution in [0.4, 0.5) is 0 Å². The fraction of sp³-hybridized carbons (Fsp3) is 0.318. The van der Waals surface area contributed by atoms with E-state index in [-0.39, 0.29) is 12.1 Å². The van der Waals surface area contributed by atoms with Crippen LogP contribution >= 0.6 is 11.8 Å². The molecule has 0 saturated carbocycles. The molecule has 5 nitrogen and oxygen atoms in total. The molecule has 0 spiro atoms. The second-order valence-corrected chi connectivity index (χ2v) is 7.95. The SMILES string of the molecule is CCCCSC1=NN2C(=c3ccccc3=NC2c2ccc(CC)cc2)C(=O)N1.